The number of rotatable bonds is 6. The monoisotopic (exact) mass is 174 g/mol. The Morgan fingerprint density at radius 2 is 1.58 bits per heavy atom. The summed E-state index contributed by atoms with van der Waals surface area (Å²) in [6, 6.07) is 0. The van der Waals surface area contributed by atoms with Crippen LogP contribution in [0.2, 0.25) is 0 Å². The zero-order valence-electron chi connectivity index (χ0n) is 8.96. The van der Waals surface area contributed by atoms with Crippen LogP contribution in [0.3, 0.4) is 0 Å². The molecule has 0 saturated heterocycles. The van der Waals surface area contributed by atoms with Crippen molar-refractivity contribution < 1.29 is 9.47 Å². The smallest absolute Gasteiger partial charge is 0.157 e. The van der Waals surface area contributed by atoms with Crippen molar-refractivity contribution in [1.82, 2.24) is 0 Å². The van der Waals surface area contributed by atoms with Gasteiger partial charge in [-0.15, -0.1) is 0 Å². The van der Waals surface area contributed by atoms with Crippen LogP contribution in [0.4, 0.5) is 0 Å². The second kappa shape index (κ2) is 6.44. The predicted molar refractivity (Wildman–Crippen MR) is 51.0 cm³/mol. The highest BCUT2D eigenvalue weighted by molar-refractivity contribution is 4.50. The minimum Gasteiger partial charge on any atom is -0.356 e. The van der Waals surface area contributed by atoms with Crippen LogP contribution in [-0.2, 0) is 9.47 Å². The number of methoxy groups -OCH3 is 1. The summed E-state index contributed by atoms with van der Waals surface area (Å²) >= 11 is 0. The van der Waals surface area contributed by atoms with Crippen molar-refractivity contribution in [3.8, 4) is 0 Å². The normalized spacial score (nSPS) is 14.2. The van der Waals surface area contributed by atoms with E-state index in [1.165, 1.54) is 0 Å². The fourth-order valence-corrected chi connectivity index (χ4v) is 0.917. The second-order valence-electron chi connectivity index (χ2n) is 4.02. The largest absolute Gasteiger partial charge is 0.356 e. The molecule has 2 nitrogen and oxygen atoms in total. The van der Waals surface area contributed by atoms with E-state index < -0.39 is 0 Å². The second-order valence-corrected chi connectivity index (χ2v) is 4.02. The van der Waals surface area contributed by atoms with Gasteiger partial charge in [0.2, 0.25) is 0 Å². The summed E-state index contributed by atoms with van der Waals surface area (Å²) in [5.74, 6) is 1.21. The standard InChI is InChI=1S/C10H22O2/c1-8(2)6-10(11-5)12-7-9(3)4/h8-10H,6-7H2,1-5H3. The van der Waals surface area contributed by atoms with Crippen molar-refractivity contribution in [2.45, 2.75) is 40.4 Å². The summed E-state index contributed by atoms with van der Waals surface area (Å²) in [5.41, 5.74) is 0. The van der Waals surface area contributed by atoms with E-state index in [2.05, 4.69) is 27.7 Å². The fraction of sp³-hybridized carbons (Fsp3) is 1.00. The van der Waals surface area contributed by atoms with Crippen LogP contribution in [-0.4, -0.2) is 20.0 Å². The average molecular weight is 174 g/mol. The first-order chi connectivity index (χ1) is 5.56. The molecule has 1 unspecified atom stereocenters. The molecule has 0 aromatic heterocycles. The van der Waals surface area contributed by atoms with Gasteiger partial charge in [-0.2, -0.15) is 0 Å². The summed E-state index contributed by atoms with van der Waals surface area (Å²) in [6.07, 6.45) is 0.954. The van der Waals surface area contributed by atoms with E-state index in [1.807, 2.05) is 0 Å². The molecule has 0 heterocycles. The summed E-state index contributed by atoms with van der Waals surface area (Å²) < 4.78 is 10.7. The molecule has 0 N–H and O–H groups in total. The summed E-state index contributed by atoms with van der Waals surface area (Å²) in [4.78, 5) is 0. The quantitative estimate of drug-likeness (QED) is 0.576. The molecule has 1 atom stereocenters. The van der Waals surface area contributed by atoms with Crippen LogP contribution in [0.15, 0.2) is 0 Å². The van der Waals surface area contributed by atoms with E-state index in [0.717, 1.165) is 13.0 Å². The molecule has 0 aromatic carbocycles. The highest BCUT2D eigenvalue weighted by atomic mass is 16.7. The van der Waals surface area contributed by atoms with E-state index in [9.17, 15) is 0 Å². The molecular weight excluding hydrogens is 152 g/mol. The third kappa shape index (κ3) is 6.62. The molecule has 0 spiro atoms. The van der Waals surface area contributed by atoms with Gasteiger partial charge in [-0.1, -0.05) is 27.7 Å². The van der Waals surface area contributed by atoms with Crippen molar-refractivity contribution in [3.63, 3.8) is 0 Å². The lowest BCUT2D eigenvalue weighted by Crippen LogP contribution is -2.20. The minimum absolute atomic E-state index is 0.0209. The fourth-order valence-electron chi connectivity index (χ4n) is 0.917. The lowest BCUT2D eigenvalue weighted by Gasteiger charge is -2.19. The lowest BCUT2D eigenvalue weighted by molar-refractivity contribution is -0.138. The zero-order chi connectivity index (χ0) is 9.56. The van der Waals surface area contributed by atoms with Crippen molar-refractivity contribution >= 4 is 0 Å². The van der Waals surface area contributed by atoms with Crippen LogP contribution in [0.1, 0.15) is 34.1 Å². The van der Waals surface area contributed by atoms with Gasteiger partial charge in [-0.3, -0.25) is 0 Å². The third-order valence-electron chi connectivity index (χ3n) is 1.54. The lowest BCUT2D eigenvalue weighted by atomic mass is 10.1. The first-order valence-corrected chi connectivity index (χ1v) is 4.70. The Balaban J connectivity index is 3.53. The predicted octanol–water partition coefficient (Wildman–Crippen LogP) is 2.68. The molecule has 0 saturated carbocycles. The van der Waals surface area contributed by atoms with E-state index in [-0.39, 0.29) is 6.29 Å². The van der Waals surface area contributed by atoms with Crippen LogP contribution < -0.4 is 0 Å². The van der Waals surface area contributed by atoms with Crippen molar-refractivity contribution in [2.75, 3.05) is 13.7 Å². The molecule has 0 radical (unpaired) electrons. The molecule has 0 aliphatic heterocycles. The van der Waals surface area contributed by atoms with Gasteiger partial charge in [0.1, 0.15) is 0 Å². The number of hydrogen-bond donors (Lipinski definition) is 0. The van der Waals surface area contributed by atoms with Crippen LogP contribution in [0.25, 0.3) is 0 Å². The van der Waals surface area contributed by atoms with Gasteiger partial charge in [-0.25, -0.2) is 0 Å². The van der Waals surface area contributed by atoms with Crippen molar-refractivity contribution in [1.29, 1.82) is 0 Å². The number of ether oxygens (including phenoxy) is 2. The summed E-state index contributed by atoms with van der Waals surface area (Å²) in [6.45, 7) is 9.41. The molecule has 2 heteroatoms. The Morgan fingerprint density at radius 3 is 1.92 bits per heavy atom. The van der Waals surface area contributed by atoms with Gasteiger partial charge in [-0.05, 0) is 11.8 Å². The summed E-state index contributed by atoms with van der Waals surface area (Å²) in [5, 5.41) is 0. The maximum atomic E-state index is 5.54. The van der Waals surface area contributed by atoms with E-state index >= 15 is 0 Å². The van der Waals surface area contributed by atoms with E-state index in [4.69, 9.17) is 9.47 Å². The SMILES string of the molecule is COC(CC(C)C)OCC(C)C. The maximum absolute atomic E-state index is 5.54. The van der Waals surface area contributed by atoms with Crippen molar-refractivity contribution in [3.05, 3.63) is 0 Å². The maximum Gasteiger partial charge on any atom is 0.157 e. The number of hydrogen-bond acceptors (Lipinski definition) is 2. The van der Waals surface area contributed by atoms with Crippen LogP contribution >= 0.6 is 0 Å². The van der Waals surface area contributed by atoms with E-state index in [0.29, 0.717) is 11.8 Å². The van der Waals surface area contributed by atoms with Gasteiger partial charge < -0.3 is 9.47 Å². The molecule has 12 heavy (non-hydrogen) atoms. The first kappa shape index (κ1) is 11.9. The van der Waals surface area contributed by atoms with Gasteiger partial charge in [0, 0.05) is 13.5 Å². The van der Waals surface area contributed by atoms with Gasteiger partial charge in [0.05, 0.1) is 6.61 Å². The van der Waals surface area contributed by atoms with Crippen LogP contribution in [0, 0.1) is 11.8 Å². The first-order valence-electron chi connectivity index (χ1n) is 4.70. The molecule has 0 fully saturated rings. The molecular formula is C10H22O2. The Labute approximate surface area is 76.3 Å². The molecule has 0 aliphatic rings. The topological polar surface area (TPSA) is 18.5 Å². The van der Waals surface area contributed by atoms with Gasteiger partial charge in [0.15, 0.2) is 6.29 Å². The highest BCUT2D eigenvalue weighted by Gasteiger charge is 2.10. The zero-order valence-corrected chi connectivity index (χ0v) is 8.96. The molecule has 0 aromatic rings. The molecule has 0 rings (SSSR count). The minimum atomic E-state index is -0.0209. The average Bonchev–Trinajstić information content (AvgIpc) is 1.97. The van der Waals surface area contributed by atoms with Gasteiger partial charge in [0.25, 0.3) is 0 Å². The third-order valence-corrected chi connectivity index (χ3v) is 1.54. The highest BCUT2D eigenvalue weighted by Crippen LogP contribution is 2.09. The Morgan fingerprint density at radius 1 is 1.00 bits per heavy atom. The molecule has 0 aliphatic carbocycles. The van der Waals surface area contributed by atoms with E-state index in [1.54, 1.807) is 7.11 Å². The molecule has 0 bridgehead atoms. The molecule has 0 amide bonds. The Hall–Kier alpha value is -0.0800. The van der Waals surface area contributed by atoms with Gasteiger partial charge >= 0.3 is 0 Å². The summed E-state index contributed by atoms with van der Waals surface area (Å²) in [7, 11) is 1.70. The Bertz CT molecular complexity index is 100. The molecule has 74 valence electrons. The van der Waals surface area contributed by atoms with Crippen molar-refractivity contribution in [2.24, 2.45) is 11.8 Å². The van der Waals surface area contributed by atoms with Crippen LogP contribution in [0.5, 0.6) is 0 Å². The Kier molecular flexibility index (Phi) is 6.39.